The van der Waals surface area contributed by atoms with E-state index in [1.165, 1.54) is 29.3 Å². The topological polar surface area (TPSA) is 55.9 Å². The van der Waals surface area contributed by atoms with Gasteiger partial charge in [0.05, 0.1) is 12.1 Å². The molecule has 1 aliphatic carbocycles. The van der Waals surface area contributed by atoms with E-state index in [2.05, 4.69) is 50.5 Å². The van der Waals surface area contributed by atoms with Gasteiger partial charge in [0.1, 0.15) is 0 Å². The average Bonchev–Trinajstić information content (AvgIpc) is 3.10. The van der Waals surface area contributed by atoms with Crippen molar-refractivity contribution < 1.29 is 4.52 Å². The van der Waals surface area contributed by atoms with Crippen LogP contribution in [0.25, 0.3) is 10.9 Å². The van der Waals surface area contributed by atoms with E-state index < -0.39 is 0 Å². The molecule has 2 aromatic heterocycles. The summed E-state index contributed by atoms with van der Waals surface area (Å²) in [5.74, 6) is 1.33. The predicted molar refractivity (Wildman–Crippen MR) is 79.9 cm³/mol. The number of aryl methyl sites for hydroxylation is 1. The van der Waals surface area contributed by atoms with Gasteiger partial charge in [-0.3, -0.25) is 0 Å². The molecule has 0 radical (unpaired) electrons. The molecule has 108 valence electrons. The van der Waals surface area contributed by atoms with Crippen LogP contribution in [0.2, 0.25) is 0 Å². The zero-order chi connectivity index (χ0) is 14.2. The van der Waals surface area contributed by atoms with E-state index in [1.807, 2.05) is 6.92 Å². The fourth-order valence-electron chi connectivity index (χ4n) is 2.71. The van der Waals surface area contributed by atoms with Crippen molar-refractivity contribution in [3.8, 4) is 0 Å². The second-order valence-electron chi connectivity index (χ2n) is 5.68. The summed E-state index contributed by atoms with van der Waals surface area (Å²) in [4.78, 5) is 4.29. The number of nitrogens with one attached hydrogen (secondary N) is 1. The van der Waals surface area contributed by atoms with Crippen molar-refractivity contribution in [1.29, 1.82) is 0 Å². The lowest BCUT2D eigenvalue weighted by atomic mass is 10.1. The molecule has 1 saturated carbocycles. The third-order valence-corrected chi connectivity index (χ3v) is 3.91. The Bertz CT molecular complexity index is 770. The summed E-state index contributed by atoms with van der Waals surface area (Å²) >= 11 is 0. The lowest BCUT2D eigenvalue weighted by Gasteiger charge is -2.09. The van der Waals surface area contributed by atoms with Crippen LogP contribution in [0.5, 0.6) is 0 Å². The van der Waals surface area contributed by atoms with Gasteiger partial charge in [-0.1, -0.05) is 23.4 Å². The van der Waals surface area contributed by atoms with Crippen LogP contribution in [0.1, 0.15) is 30.1 Å². The second kappa shape index (κ2) is 5.00. The second-order valence-corrected chi connectivity index (χ2v) is 5.68. The normalized spacial score (nSPS) is 14.9. The number of nitrogens with zero attached hydrogens (tertiary/aromatic N) is 3. The first-order valence-electron chi connectivity index (χ1n) is 7.39. The summed E-state index contributed by atoms with van der Waals surface area (Å²) in [6.45, 7) is 3.37. The minimum Gasteiger partial charge on any atom is -0.340 e. The minimum absolute atomic E-state index is 0.608. The fourth-order valence-corrected chi connectivity index (χ4v) is 2.71. The molecule has 2 heterocycles. The first-order chi connectivity index (χ1) is 10.3. The Morgan fingerprint density at radius 3 is 3.00 bits per heavy atom. The Morgan fingerprint density at radius 2 is 2.24 bits per heavy atom. The molecule has 0 spiro atoms. The van der Waals surface area contributed by atoms with Crippen LogP contribution in [-0.2, 0) is 13.1 Å². The summed E-state index contributed by atoms with van der Waals surface area (Å²) in [6, 6.07) is 9.31. The maximum atomic E-state index is 5.06. The predicted octanol–water partition coefficient (Wildman–Crippen LogP) is 2.63. The van der Waals surface area contributed by atoms with Crippen molar-refractivity contribution in [3.05, 3.63) is 47.7 Å². The molecule has 21 heavy (non-hydrogen) atoms. The number of benzene rings is 1. The van der Waals surface area contributed by atoms with Gasteiger partial charge >= 0.3 is 0 Å². The minimum atomic E-state index is 0.608. The van der Waals surface area contributed by atoms with Crippen molar-refractivity contribution in [3.63, 3.8) is 0 Å². The Balaban J connectivity index is 1.67. The average molecular weight is 282 g/mol. The number of para-hydroxylation sites is 1. The molecule has 5 heteroatoms. The lowest BCUT2D eigenvalue weighted by molar-refractivity contribution is 0.386. The molecule has 0 saturated heterocycles. The molecule has 0 amide bonds. The molecule has 4 rings (SSSR count). The van der Waals surface area contributed by atoms with E-state index in [9.17, 15) is 0 Å². The maximum absolute atomic E-state index is 5.06. The summed E-state index contributed by atoms with van der Waals surface area (Å²) in [5, 5.41) is 8.83. The fraction of sp³-hybridized carbons (Fsp3) is 0.375. The monoisotopic (exact) mass is 282 g/mol. The first-order valence-corrected chi connectivity index (χ1v) is 7.39. The highest BCUT2D eigenvalue weighted by Crippen LogP contribution is 2.24. The quantitative estimate of drug-likeness (QED) is 0.781. The zero-order valence-electron chi connectivity index (χ0n) is 12.0. The molecule has 1 fully saturated rings. The van der Waals surface area contributed by atoms with E-state index in [1.54, 1.807) is 0 Å². The van der Waals surface area contributed by atoms with E-state index in [0.29, 0.717) is 18.5 Å². The number of fused-ring (bicyclic) bond motifs is 1. The zero-order valence-corrected chi connectivity index (χ0v) is 12.0. The van der Waals surface area contributed by atoms with Gasteiger partial charge in [0.15, 0.2) is 5.82 Å². The molecule has 5 nitrogen and oxygen atoms in total. The van der Waals surface area contributed by atoms with E-state index >= 15 is 0 Å². The third kappa shape index (κ3) is 2.56. The van der Waals surface area contributed by atoms with Gasteiger partial charge in [-0.15, -0.1) is 0 Å². The number of hydrogen-bond donors (Lipinski definition) is 1. The molecule has 0 bridgehead atoms. The summed E-state index contributed by atoms with van der Waals surface area (Å²) in [7, 11) is 0. The molecule has 0 unspecified atom stereocenters. The van der Waals surface area contributed by atoms with Crippen molar-refractivity contribution in [2.75, 3.05) is 0 Å². The highest BCUT2D eigenvalue weighted by molar-refractivity contribution is 5.83. The molecule has 3 aromatic rings. The summed E-state index contributed by atoms with van der Waals surface area (Å²) < 4.78 is 7.25. The van der Waals surface area contributed by atoms with Crippen LogP contribution >= 0.6 is 0 Å². The first kappa shape index (κ1) is 12.6. The van der Waals surface area contributed by atoms with Crippen LogP contribution in [0, 0.1) is 6.92 Å². The Hall–Kier alpha value is -2.14. The Labute approximate surface area is 123 Å². The van der Waals surface area contributed by atoms with Crippen LogP contribution < -0.4 is 5.32 Å². The molecule has 1 aromatic carbocycles. The van der Waals surface area contributed by atoms with Crippen molar-refractivity contribution in [1.82, 2.24) is 20.0 Å². The van der Waals surface area contributed by atoms with E-state index in [0.717, 1.165) is 12.4 Å². The highest BCUT2D eigenvalue weighted by atomic mass is 16.5. The van der Waals surface area contributed by atoms with Gasteiger partial charge in [-0.05, 0) is 29.9 Å². The maximum Gasteiger partial charge on any atom is 0.223 e. The van der Waals surface area contributed by atoms with Crippen molar-refractivity contribution >= 4 is 10.9 Å². The van der Waals surface area contributed by atoms with Gasteiger partial charge in [0.25, 0.3) is 0 Å². The number of rotatable bonds is 5. The van der Waals surface area contributed by atoms with Gasteiger partial charge in [-0.25, -0.2) is 0 Å². The van der Waals surface area contributed by atoms with Gasteiger partial charge in [-0.2, -0.15) is 4.98 Å². The molecule has 1 aliphatic rings. The van der Waals surface area contributed by atoms with Gasteiger partial charge in [0.2, 0.25) is 5.89 Å². The standard InChI is InChI=1S/C16H18N4O/c1-11-18-15(19-21-11)10-20-8-7-12-3-2-4-13(16(12)20)9-17-14-5-6-14/h2-4,7-8,14,17H,5-6,9-10H2,1H3. The SMILES string of the molecule is Cc1nc(Cn2ccc3cccc(CNC4CC4)c32)no1. The van der Waals surface area contributed by atoms with Crippen LogP contribution in [-0.4, -0.2) is 20.7 Å². The molecular weight excluding hydrogens is 264 g/mol. The summed E-state index contributed by atoms with van der Waals surface area (Å²) in [6.07, 6.45) is 4.70. The van der Waals surface area contributed by atoms with Crippen LogP contribution in [0.4, 0.5) is 0 Å². The van der Waals surface area contributed by atoms with Crippen LogP contribution in [0.3, 0.4) is 0 Å². The van der Waals surface area contributed by atoms with Gasteiger partial charge in [0, 0.05) is 25.7 Å². The lowest BCUT2D eigenvalue weighted by Crippen LogP contribution is -2.16. The number of aromatic nitrogens is 3. The van der Waals surface area contributed by atoms with Crippen molar-refractivity contribution in [2.24, 2.45) is 0 Å². The van der Waals surface area contributed by atoms with E-state index in [-0.39, 0.29) is 0 Å². The molecule has 0 atom stereocenters. The Kier molecular flexibility index (Phi) is 3.00. The Morgan fingerprint density at radius 1 is 1.33 bits per heavy atom. The van der Waals surface area contributed by atoms with E-state index in [4.69, 9.17) is 4.52 Å². The van der Waals surface area contributed by atoms with Crippen LogP contribution in [0.15, 0.2) is 35.0 Å². The molecule has 1 N–H and O–H groups in total. The summed E-state index contributed by atoms with van der Waals surface area (Å²) in [5.41, 5.74) is 2.58. The molecular formula is C16H18N4O. The largest absolute Gasteiger partial charge is 0.340 e. The smallest absolute Gasteiger partial charge is 0.223 e. The molecule has 0 aliphatic heterocycles. The van der Waals surface area contributed by atoms with Gasteiger partial charge < -0.3 is 14.4 Å². The highest BCUT2D eigenvalue weighted by Gasteiger charge is 2.20. The third-order valence-electron chi connectivity index (χ3n) is 3.91. The van der Waals surface area contributed by atoms with Crippen molar-refractivity contribution in [2.45, 2.75) is 38.9 Å². The number of hydrogen-bond acceptors (Lipinski definition) is 4.